The first-order chi connectivity index (χ1) is 14.4. The van der Waals surface area contributed by atoms with Crippen LogP contribution >= 0.6 is 15.9 Å². The van der Waals surface area contributed by atoms with Crippen molar-refractivity contribution in [1.29, 1.82) is 0 Å². The number of aryl methyl sites for hydroxylation is 1. The summed E-state index contributed by atoms with van der Waals surface area (Å²) in [4.78, 5) is 34.7. The highest BCUT2D eigenvalue weighted by Crippen LogP contribution is 2.28. The van der Waals surface area contributed by atoms with Crippen molar-refractivity contribution in [3.05, 3.63) is 84.7 Å². The maximum absolute atomic E-state index is 12.5. The van der Waals surface area contributed by atoms with Crippen molar-refractivity contribution >= 4 is 33.7 Å². The van der Waals surface area contributed by atoms with Gasteiger partial charge in [0.1, 0.15) is 5.75 Å². The van der Waals surface area contributed by atoms with Crippen LogP contribution in [-0.2, 0) is 4.79 Å². The van der Waals surface area contributed by atoms with Crippen LogP contribution in [0.4, 0.5) is 5.69 Å². The minimum Gasteiger partial charge on any atom is -0.483 e. The lowest BCUT2D eigenvalue weighted by Crippen LogP contribution is -2.25. The topological polar surface area (TPSA) is 132 Å². The van der Waals surface area contributed by atoms with Gasteiger partial charge in [0.2, 0.25) is 0 Å². The maximum atomic E-state index is 12.5. The SMILES string of the molecule is Cc1[nH]n(-c2ccccc2)c(=O)c1/C=N\NC(=O)COc1ccc([N+](=O)[O-])cc1Br. The summed E-state index contributed by atoms with van der Waals surface area (Å²) in [6.07, 6.45) is 1.26. The molecule has 0 aliphatic carbocycles. The first kappa shape index (κ1) is 21.0. The lowest BCUT2D eigenvalue weighted by molar-refractivity contribution is -0.384. The molecular formula is C19H16BrN5O5. The summed E-state index contributed by atoms with van der Waals surface area (Å²) >= 11 is 3.15. The number of halogens is 1. The molecule has 0 saturated carbocycles. The zero-order valence-corrected chi connectivity index (χ0v) is 17.3. The Hall–Kier alpha value is -3.73. The van der Waals surface area contributed by atoms with Crippen LogP contribution in [0.15, 0.2) is 62.9 Å². The third-order valence-corrected chi connectivity index (χ3v) is 4.62. The molecule has 0 aliphatic rings. The van der Waals surface area contributed by atoms with Gasteiger partial charge >= 0.3 is 0 Å². The van der Waals surface area contributed by atoms with Crippen LogP contribution in [0.1, 0.15) is 11.3 Å². The summed E-state index contributed by atoms with van der Waals surface area (Å²) in [5, 5.41) is 17.5. The number of carbonyl (C=O) groups is 1. The molecule has 1 amide bonds. The van der Waals surface area contributed by atoms with Gasteiger partial charge in [-0.15, -0.1) is 0 Å². The third kappa shape index (κ3) is 4.81. The summed E-state index contributed by atoms with van der Waals surface area (Å²) in [5.74, 6) is -0.292. The van der Waals surface area contributed by atoms with E-state index in [0.29, 0.717) is 21.4 Å². The number of non-ortho nitro benzene ring substituents is 1. The predicted molar refractivity (Wildman–Crippen MR) is 113 cm³/mol. The summed E-state index contributed by atoms with van der Waals surface area (Å²) in [5.41, 5.74) is 3.44. The smallest absolute Gasteiger partial charge is 0.280 e. The Balaban J connectivity index is 1.61. The number of hydrazone groups is 1. The van der Waals surface area contributed by atoms with Crippen molar-refractivity contribution in [3.63, 3.8) is 0 Å². The molecular weight excluding hydrogens is 458 g/mol. The number of carbonyl (C=O) groups excluding carboxylic acids is 1. The monoisotopic (exact) mass is 473 g/mol. The van der Waals surface area contributed by atoms with Crippen molar-refractivity contribution in [2.24, 2.45) is 5.10 Å². The molecule has 3 aromatic rings. The standard InChI is InChI=1S/C19H16BrN5O5/c1-12-15(19(27)24(23-12)13-5-3-2-4-6-13)10-21-22-18(26)11-30-17-8-7-14(25(28)29)9-16(17)20/h2-10,23H,11H2,1H3,(H,22,26)/b21-10-. The molecule has 0 fully saturated rings. The molecule has 0 radical (unpaired) electrons. The summed E-state index contributed by atoms with van der Waals surface area (Å²) in [6.45, 7) is 1.35. The first-order valence-corrected chi connectivity index (χ1v) is 9.42. The van der Waals surface area contributed by atoms with Gasteiger partial charge in [-0.05, 0) is 41.1 Å². The van der Waals surface area contributed by atoms with Gasteiger partial charge in [-0.1, -0.05) is 18.2 Å². The Bertz CT molecular complexity index is 1170. The number of ether oxygens (including phenoxy) is 1. The van der Waals surface area contributed by atoms with E-state index in [1.165, 1.54) is 29.1 Å². The fraction of sp³-hybridized carbons (Fsp3) is 0.105. The highest BCUT2D eigenvalue weighted by atomic mass is 79.9. The molecule has 0 unspecified atom stereocenters. The quantitative estimate of drug-likeness (QED) is 0.309. The largest absolute Gasteiger partial charge is 0.483 e. The molecule has 30 heavy (non-hydrogen) atoms. The number of H-pyrrole nitrogens is 1. The van der Waals surface area contributed by atoms with Gasteiger partial charge in [-0.3, -0.25) is 24.8 Å². The van der Waals surface area contributed by atoms with Gasteiger partial charge in [0.15, 0.2) is 6.61 Å². The highest BCUT2D eigenvalue weighted by Gasteiger charge is 2.12. The van der Waals surface area contributed by atoms with Crippen LogP contribution in [-0.4, -0.2) is 33.4 Å². The Kier molecular flexibility index (Phi) is 6.42. The molecule has 0 spiro atoms. The zero-order valence-electron chi connectivity index (χ0n) is 15.7. The number of aromatic nitrogens is 2. The fourth-order valence-electron chi connectivity index (χ4n) is 2.54. The number of nitrogens with one attached hydrogen (secondary N) is 2. The number of hydrogen-bond donors (Lipinski definition) is 2. The van der Waals surface area contributed by atoms with E-state index in [1.807, 2.05) is 18.2 Å². The number of rotatable bonds is 7. The molecule has 10 nitrogen and oxygen atoms in total. The van der Waals surface area contributed by atoms with Crippen molar-refractivity contribution < 1.29 is 14.5 Å². The highest BCUT2D eigenvalue weighted by molar-refractivity contribution is 9.10. The normalized spacial score (nSPS) is 10.9. The van der Waals surface area contributed by atoms with E-state index < -0.39 is 10.8 Å². The number of para-hydroxylation sites is 1. The third-order valence-electron chi connectivity index (χ3n) is 4.00. The van der Waals surface area contributed by atoms with Gasteiger partial charge in [0, 0.05) is 17.8 Å². The summed E-state index contributed by atoms with van der Waals surface area (Å²) < 4.78 is 7.05. The Morgan fingerprint density at radius 2 is 2.07 bits per heavy atom. The van der Waals surface area contributed by atoms with Crippen LogP contribution in [0.3, 0.4) is 0 Å². The Morgan fingerprint density at radius 3 is 2.73 bits per heavy atom. The van der Waals surface area contributed by atoms with Crippen molar-refractivity contribution in [1.82, 2.24) is 15.2 Å². The summed E-state index contributed by atoms with van der Waals surface area (Å²) in [6, 6.07) is 13.0. The molecule has 2 N–H and O–H groups in total. The van der Waals surface area contributed by atoms with Crippen LogP contribution in [0.5, 0.6) is 5.75 Å². The average molecular weight is 474 g/mol. The van der Waals surface area contributed by atoms with Gasteiger partial charge in [-0.2, -0.15) is 5.10 Å². The number of aromatic amines is 1. The van der Waals surface area contributed by atoms with E-state index in [2.05, 4.69) is 31.6 Å². The molecule has 11 heteroatoms. The van der Waals surface area contributed by atoms with Gasteiger partial charge in [0.05, 0.1) is 26.9 Å². The lowest BCUT2D eigenvalue weighted by atomic mass is 10.3. The number of hydrogen-bond acceptors (Lipinski definition) is 6. The molecule has 1 heterocycles. The van der Waals surface area contributed by atoms with Gasteiger partial charge in [0.25, 0.3) is 17.2 Å². The van der Waals surface area contributed by atoms with E-state index in [0.717, 1.165) is 0 Å². The number of nitro groups is 1. The number of benzene rings is 2. The molecule has 154 valence electrons. The van der Waals surface area contributed by atoms with Crippen LogP contribution in [0.25, 0.3) is 5.69 Å². The average Bonchev–Trinajstić information content (AvgIpc) is 3.01. The first-order valence-electron chi connectivity index (χ1n) is 8.62. The molecule has 0 atom stereocenters. The molecule has 0 aliphatic heterocycles. The van der Waals surface area contributed by atoms with Crippen LogP contribution in [0, 0.1) is 17.0 Å². The van der Waals surface area contributed by atoms with Crippen molar-refractivity contribution in [2.75, 3.05) is 6.61 Å². The molecule has 1 aromatic heterocycles. The number of nitro benzene ring substituents is 1. The predicted octanol–water partition coefficient (Wildman–Crippen LogP) is 2.67. The van der Waals surface area contributed by atoms with Crippen molar-refractivity contribution in [2.45, 2.75) is 6.92 Å². The van der Waals surface area contributed by atoms with E-state index in [1.54, 1.807) is 19.1 Å². The summed E-state index contributed by atoms with van der Waals surface area (Å²) in [7, 11) is 0. The van der Waals surface area contributed by atoms with E-state index in [-0.39, 0.29) is 23.6 Å². The molecule has 2 aromatic carbocycles. The second kappa shape index (κ2) is 9.18. The Morgan fingerprint density at radius 1 is 1.33 bits per heavy atom. The van der Waals surface area contributed by atoms with Gasteiger partial charge < -0.3 is 4.74 Å². The second-order valence-electron chi connectivity index (χ2n) is 6.08. The number of amides is 1. The maximum Gasteiger partial charge on any atom is 0.280 e. The molecule has 3 rings (SSSR count). The number of nitrogens with zero attached hydrogens (tertiary/aromatic N) is 3. The van der Waals surface area contributed by atoms with Crippen molar-refractivity contribution in [3.8, 4) is 11.4 Å². The fourth-order valence-corrected chi connectivity index (χ4v) is 3.02. The van der Waals surface area contributed by atoms with Crippen LogP contribution in [0.2, 0.25) is 0 Å². The van der Waals surface area contributed by atoms with Gasteiger partial charge in [-0.25, -0.2) is 10.1 Å². The molecule has 0 saturated heterocycles. The van der Waals surface area contributed by atoms with E-state index in [9.17, 15) is 19.7 Å². The Labute approximate surface area is 178 Å². The molecule has 0 bridgehead atoms. The lowest BCUT2D eigenvalue weighted by Gasteiger charge is -2.06. The minimum absolute atomic E-state index is 0.105. The minimum atomic E-state index is -0.562. The van der Waals surface area contributed by atoms with Crippen LogP contribution < -0.4 is 15.7 Å². The van der Waals surface area contributed by atoms with E-state index >= 15 is 0 Å². The van der Waals surface area contributed by atoms with E-state index in [4.69, 9.17) is 4.74 Å². The second-order valence-corrected chi connectivity index (χ2v) is 6.93. The zero-order chi connectivity index (χ0) is 21.7.